The Balaban J connectivity index is 1.72. The van der Waals surface area contributed by atoms with Gasteiger partial charge in [-0.15, -0.1) is 0 Å². The predicted molar refractivity (Wildman–Crippen MR) is 107 cm³/mol. The number of piperidine rings is 1. The number of nitrogens with zero attached hydrogens (tertiary/aromatic N) is 2. The second-order valence-electron chi connectivity index (χ2n) is 7.61. The summed E-state index contributed by atoms with van der Waals surface area (Å²) in [5, 5.41) is 6.91. The number of rotatable bonds is 7. The SMILES string of the molecule is CCOC(=O)C1(CCCc2ccccc2)CCCN(C(=O)c2cc(C)[nH]n2)C1. The normalized spacial score (nSPS) is 19.4. The maximum Gasteiger partial charge on any atom is 0.313 e. The fraction of sp³-hybridized carbons (Fsp3) is 0.500. The molecular weight excluding hydrogens is 354 g/mol. The van der Waals surface area contributed by atoms with E-state index in [-0.39, 0.29) is 11.9 Å². The number of aromatic nitrogens is 2. The fourth-order valence-corrected chi connectivity index (χ4v) is 4.03. The molecule has 1 saturated heterocycles. The minimum Gasteiger partial charge on any atom is -0.466 e. The summed E-state index contributed by atoms with van der Waals surface area (Å²) in [6.45, 7) is 5.09. The lowest BCUT2D eigenvalue weighted by Crippen LogP contribution is -2.50. The van der Waals surface area contributed by atoms with Crippen LogP contribution in [0.3, 0.4) is 0 Å². The molecule has 6 nitrogen and oxygen atoms in total. The Hall–Kier alpha value is -2.63. The molecule has 1 atom stereocenters. The summed E-state index contributed by atoms with van der Waals surface area (Å²) in [6.07, 6.45) is 4.05. The summed E-state index contributed by atoms with van der Waals surface area (Å²) in [6, 6.07) is 12.0. The molecule has 0 spiro atoms. The monoisotopic (exact) mass is 383 g/mol. The van der Waals surface area contributed by atoms with Crippen molar-refractivity contribution in [2.75, 3.05) is 19.7 Å². The van der Waals surface area contributed by atoms with Crippen molar-refractivity contribution >= 4 is 11.9 Å². The molecule has 0 saturated carbocycles. The molecule has 6 heteroatoms. The molecule has 150 valence electrons. The van der Waals surface area contributed by atoms with Crippen LogP contribution in [-0.4, -0.2) is 46.7 Å². The first kappa shape index (κ1) is 20.1. The molecule has 1 unspecified atom stereocenters. The Labute approximate surface area is 166 Å². The Morgan fingerprint density at radius 3 is 2.75 bits per heavy atom. The first-order valence-corrected chi connectivity index (χ1v) is 10.1. The molecule has 1 aliphatic heterocycles. The lowest BCUT2D eigenvalue weighted by atomic mass is 9.75. The van der Waals surface area contributed by atoms with Gasteiger partial charge in [0, 0.05) is 18.8 Å². The molecule has 2 heterocycles. The van der Waals surface area contributed by atoms with E-state index in [0.717, 1.165) is 31.4 Å². The first-order chi connectivity index (χ1) is 13.5. The van der Waals surface area contributed by atoms with E-state index < -0.39 is 5.41 Å². The van der Waals surface area contributed by atoms with Gasteiger partial charge in [0.1, 0.15) is 5.69 Å². The highest BCUT2D eigenvalue weighted by atomic mass is 16.5. The van der Waals surface area contributed by atoms with E-state index in [1.165, 1.54) is 5.56 Å². The Morgan fingerprint density at radius 2 is 2.07 bits per heavy atom. The summed E-state index contributed by atoms with van der Waals surface area (Å²) >= 11 is 0. The zero-order valence-corrected chi connectivity index (χ0v) is 16.7. The van der Waals surface area contributed by atoms with Crippen LogP contribution in [0.4, 0.5) is 0 Å². The number of aromatic amines is 1. The van der Waals surface area contributed by atoms with Crippen LogP contribution in [0, 0.1) is 12.3 Å². The third-order valence-corrected chi connectivity index (χ3v) is 5.46. The van der Waals surface area contributed by atoms with Crippen LogP contribution in [0.15, 0.2) is 36.4 Å². The highest BCUT2D eigenvalue weighted by Gasteiger charge is 2.44. The van der Waals surface area contributed by atoms with Crippen molar-refractivity contribution in [3.05, 3.63) is 53.3 Å². The van der Waals surface area contributed by atoms with Gasteiger partial charge < -0.3 is 9.64 Å². The summed E-state index contributed by atoms with van der Waals surface area (Å²) in [5.74, 6) is -0.306. The number of aryl methyl sites for hydroxylation is 2. The minimum atomic E-state index is -0.635. The second-order valence-corrected chi connectivity index (χ2v) is 7.61. The molecule has 1 aromatic heterocycles. The van der Waals surface area contributed by atoms with Gasteiger partial charge in [0.15, 0.2) is 0 Å². The average molecular weight is 383 g/mol. The molecule has 0 radical (unpaired) electrons. The van der Waals surface area contributed by atoms with Crippen LogP contribution in [0.1, 0.15) is 54.4 Å². The summed E-state index contributed by atoms with van der Waals surface area (Å²) < 4.78 is 5.43. The van der Waals surface area contributed by atoms with Crippen molar-refractivity contribution in [2.24, 2.45) is 5.41 Å². The third kappa shape index (κ3) is 4.61. The van der Waals surface area contributed by atoms with Gasteiger partial charge >= 0.3 is 5.97 Å². The topological polar surface area (TPSA) is 75.3 Å². The van der Waals surface area contributed by atoms with E-state index >= 15 is 0 Å². The molecule has 2 aromatic rings. The van der Waals surface area contributed by atoms with Gasteiger partial charge in [-0.1, -0.05) is 30.3 Å². The zero-order chi connectivity index (χ0) is 20.0. The second kappa shape index (κ2) is 9.04. The number of benzene rings is 1. The number of likely N-dealkylation sites (tertiary alicyclic amines) is 1. The van der Waals surface area contributed by atoms with Crippen LogP contribution in [-0.2, 0) is 16.0 Å². The average Bonchev–Trinajstić information content (AvgIpc) is 3.15. The molecule has 0 bridgehead atoms. The van der Waals surface area contributed by atoms with Crippen molar-refractivity contribution in [3.63, 3.8) is 0 Å². The van der Waals surface area contributed by atoms with E-state index in [1.807, 2.05) is 32.0 Å². The zero-order valence-electron chi connectivity index (χ0n) is 16.7. The largest absolute Gasteiger partial charge is 0.466 e. The number of carbonyl (C=O) groups is 2. The number of hydrogen-bond acceptors (Lipinski definition) is 4. The highest BCUT2D eigenvalue weighted by Crippen LogP contribution is 2.37. The molecule has 1 N–H and O–H groups in total. The van der Waals surface area contributed by atoms with Crippen molar-refractivity contribution < 1.29 is 14.3 Å². The van der Waals surface area contributed by atoms with E-state index in [2.05, 4.69) is 22.3 Å². The van der Waals surface area contributed by atoms with Gasteiger partial charge in [-0.2, -0.15) is 5.10 Å². The Kier molecular flexibility index (Phi) is 6.49. The van der Waals surface area contributed by atoms with Gasteiger partial charge in [0.2, 0.25) is 0 Å². The number of carbonyl (C=O) groups excluding carboxylic acids is 2. The maximum absolute atomic E-state index is 12.9. The van der Waals surface area contributed by atoms with Crippen LogP contribution in [0.25, 0.3) is 0 Å². The van der Waals surface area contributed by atoms with Crippen molar-refractivity contribution in [3.8, 4) is 0 Å². The Morgan fingerprint density at radius 1 is 1.29 bits per heavy atom. The summed E-state index contributed by atoms with van der Waals surface area (Å²) in [7, 11) is 0. The lowest BCUT2D eigenvalue weighted by molar-refractivity contribution is -0.159. The fourth-order valence-electron chi connectivity index (χ4n) is 4.03. The van der Waals surface area contributed by atoms with Crippen LogP contribution < -0.4 is 0 Å². The van der Waals surface area contributed by atoms with E-state index in [9.17, 15) is 9.59 Å². The van der Waals surface area contributed by atoms with Crippen molar-refractivity contribution in [1.82, 2.24) is 15.1 Å². The standard InChI is InChI=1S/C22H29N3O3/c1-3-28-21(27)22(12-7-11-18-9-5-4-6-10-18)13-8-14-25(16-22)20(26)19-15-17(2)23-24-19/h4-6,9-10,15H,3,7-8,11-14,16H2,1-2H3,(H,23,24). The number of amides is 1. The summed E-state index contributed by atoms with van der Waals surface area (Å²) in [4.78, 5) is 27.5. The van der Waals surface area contributed by atoms with Crippen LogP contribution in [0.5, 0.6) is 0 Å². The van der Waals surface area contributed by atoms with Gasteiger partial charge in [-0.05, 0) is 57.6 Å². The van der Waals surface area contributed by atoms with Crippen LogP contribution in [0.2, 0.25) is 0 Å². The maximum atomic E-state index is 12.9. The number of esters is 1. The quantitative estimate of drug-likeness (QED) is 0.742. The third-order valence-electron chi connectivity index (χ3n) is 5.46. The predicted octanol–water partition coefficient (Wildman–Crippen LogP) is 3.53. The molecule has 1 aromatic carbocycles. The van der Waals surface area contributed by atoms with Crippen LogP contribution >= 0.6 is 0 Å². The van der Waals surface area contributed by atoms with Crippen molar-refractivity contribution in [2.45, 2.75) is 46.0 Å². The van der Waals surface area contributed by atoms with Gasteiger partial charge in [0.05, 0.1) is 12.0 Å². The molecular formula is C22H29N3O3. The molecule has 3 rings (SSSR count). The molecule has 1 fully saturated rings. The van der Waals surface area contributed by atoms with E-state index in [0.29, 0.717) is 31.8 Å². The van der Waals surface area contributed by atoms with E-state index in [4.69, 9.17) is 4.74 Å². The number of nitrogens with one attached hydrogen (secondary N) is 1. The van der Waals surface area contributed by atoms with Crippen molar-refractivity contribution in [1.29, 1.82) is 0 Å². The van der Waals surface area contributed by atoms with E-state index in [1.54, 1.807) is 11.0 Å². The van der Waals surface area contributed by atoms with Gasteiger partial charge in [0.25, 0.3) is 5.91 Å². The van der Waals surface area contributed by atoms with Gasteiger partial charge in [-0.3, -0.25) is 14.7 Å². The Bertz CT molecular complexity index is 802. The highest BCUT2D eigenvalue weighted by molar-refractivity contribution is 5.93. The number of ether oxygens (including phenoxy) is 1. The lowest BCUT2D eigenvalue weighted by Gasteiger charge is -2.40. The smallest absolute Gasteiger partial charge is 0.313 e. The first-order valence-electron chi connectivity index (χ1n) is 10.1. The number of H-pyrrole nitrogens is 1. The molecule has 28 heavy (non-hydrogen) atoms. The minimum absolute atomic E-state index is 0.124. The molecule has 0 aliphatic carbocycles. The molecule has 1 amide bonds. The summed E-state index contributed by atoms with van der Waals surface area (Å²) in [5.41, 5.74) is 1.88. The van der Waals surface area contributed by atoms with Gasteiger partial charge in [-0.25, -0.2) is 0 Å². The molecule has 1 aliphatic rings. The number of hydrogen-bond donors (Lipinski definition) is 1.